The zero-order chi connectivity index (χ0) is 20.0. The second-order valence-corrected chi connectivity index (χ2v) is 8.65. The summed E-state index contributed by atoms with van der Waals surface area (Å²) in [5.74, 6) is 3.12. The first-order valence-corrected chi connectivity index (χ1v) is 10.9. The molecule has 6 nitrogen and oxygen atoms in total. The molecule has 2 N–H and O–H groups in total. The first-order chi connectivity index (χ1) is 14.2. The molecule has 4 unspecified atom stereocenters. The van der Waals surface area contributed by atoms with Gasteiger partial charge in [0.1, 0.15) is 5.76 Å². The van der Waals surface area contributed by atoms with Crippen molar-refractivity contribution in [1.82, 2.24) is 10.6 Å². The van der Waals surface area contributed by atoms with Crippen molar-refractivity contribution in [3.8, 4) is 5.75 Å². The minimum absolute atomic E-state index is 0.00359. The van der Waals surface area contributed by atoms with Gasteiger partial charge in [-0.05, 0) is 45.2 Å². The Labute approximate surface area is 172 Å². The van der Waals surface area contributed by atoms with Gasteiger partial charge in [0.05, 0.1) is 18.8 Å². The summed E-state index contributed by atoms with van der Waals surface area (Å²) in [7, 11) is 1.84. The van der Waals surface area contributed by atoms with Gasteiger partial charge in [-0.2, -0.15) is 0 Å². The Bertz CT molecular complexity index is 917. The molecule has 5 rings (SSSR count). The molecule has 2 saturated carbocycles. The van der Waals surface area contributed by atoms with Crippen molar-refractivity contribution in [1.29, 1.82) is 0 Å². The van der Waals surface area contributed by atoms with Crippen LogP contribution in [-0.2, 0) is 4.74 Å². The second kappa shape index (κ2) is 7.24. The number of nitrogens with one attached hydrogen (secondary N) is 2. The first-order valence-electron chi connectivity index (χ1n) is 10.9. The zero-order valence-corrected chi connectivity index (χ0v) is 17.5. The smallest absolute Gasteiger partial charge is 0.191 e. The number of hydrogen-bond acceptors (Lipinski definition) is 4. The number of para-hydroxylation sites is 1. The second-order valence-electron chi connectivity index (χ2n) is 8.65. The number of furan rings is 1. The van der Waals surface area contributed by atoms with Crippen molar-refractivity contribution >= 4 is 16.9 Å². The average molecular weight is 398 g/mol. The standard InChI is InChI=1S/C23H31N3O3/c1-4-27-17-8-5-7-15-13-18(29-19(15)17)14(2)25-22(24-3)26-20-16-9-12-28-21(16)23(20)10-6-11-23/h5,7-8,13-14,16,20-21H,4,6,9-12H2,1-3H3,(H2,24,25,26). The third-order valence-corrected chi connectivity index (χ3v) is 7.16. The fourth-order valence-corrected chi connectivity index (χ4v) is 5.59. The van der Waals surface area contributed by atoms with E-state index in [-0.39, 0.29) is 6.04 Å². The number of rotatable bonds is 5. The molecule has 2 heterocycles. The van der Waals surface area contributed by atoms with Crippen molar-refractivity contribution in [2.24, 2.45) is 16.3 Å². The monoisotopic (exact) mass is 397 g/mol. The Morgan fingerprint density at radius 3 is 2.97 bits per heavy atom. The van der Waals surface area contributed by atoms with Gasteiger partial charge in [0.25, 0.3) is 0 Å². The number of nitrogens with zero attached hydrogens (tertiary/aromatic N) is 1. The Morgan fingerprint density at radius 2 is 2.24 bits per heavy atom. The minimum Gasteiger partial charge on any atom is -0.490 e. The van der Waals surface area contributed by atoms with Gasteiger partial charge in [0.15, 0.2) is 17.3 Å². The van der Waals surface area contributed by atoms with Crippen molar-refractivity contribution < 1.29 is 13.9 Å². The topological polar surface area (TPSA) is 68.0 Å². The van der Waals surface area contributed by atoms with Crippen molar-refractivity contribution in [2.75, 3.05) is 20.3 Å². The summed E-state index contributed by atoms with van der Waals surface area (Å²) in [4.78, 5) is 4.50. The van der Waals surface area contributed by atoms with E-state index in [0.717, 1.165) is 41.5 Å². The summed E-state index contributed by atoms with van der Waals surface area (Å²) in [6, 6.07) is 8.55. The van der Waals surface area contributed by atoms with E-state index in [9.17, 15) is 0 Å². The van der Waals surface area contributed by atoms with Crippen LogP contribution in [0.3, 0.4) is 0 Å². The molecule has 2 aromatic rings. The lowest BCUT2D eigenvalue weighted by molar-refractivity contribution is -0.171. The van der Waals surface area contributed by atoms with Crippen molar-refractivity contribution in [3.05, 3.63) is 30.0 Å². The number of aliphatic imine (C=N–C) groups is 1. The van der Waals surface area contributed by atoms with E-state index in [4.69, 9.17) is 13.9 Å². The molecule has 0 amide bonds. The van der Waals surface area contributed by atoms with Crippen molar-refractivity contribution in [2.45, 2.75) is 57.7 Å². The van der Waals surface area contributed by atoms with Gasteiger partial charge in [0.2, 0.25) is 0 Å². The highest BCUT2D eigenvalue weighted by Gasteiger charge is 2.66. The molecule has 0 bridgehead atoms. The normalized spacial score (nSPS) is 28.5. The maximum atomic E-state index is 6.16. The molecule has 1 aromatic carbocycles. The van der Waals surface area contributed by atoms with Gasteiger partial charge in [0, 0.05) is 36.4 Å². The third kappa shape index (κ3) is 2.91. The van der Waals surface area contributed by atoms with Gasteiger partial charge < -0.3 is 24.5 Å². The summed E-state index contributed by atoms with van der Waals surface area (Å²) in [6.07, 6.45) is 5.45. The molecule has 156 valence electrons. The highest BCUT2D eigenvalue weighted by Crippen LogP contribution is 2.62. The number of ether oxygens (including phenoxy) is 2. The summed E-state index contributed by atoms with van der Waals surface area (Å²) >= 11 is 0. The fraction of sp³-hybridized carbons (Fsp3) is 0.609. The van der Waals surface area contributed by atoms with E-state index in [1.807, 2.05) is 26.1 Å². The van der Waals surface area contributed by atoms with E-state index < -0.39 is 0 Å². The maximum absolute atomic E-state index is 6.16. The van der Waals surface area contributed by atoms with Crippen molar-refractivity contribution in [3.63, 3.8) is 0 Å². The van der Waals surface area contributed by atoms with E-state index in [1.165, 1.54) is 19.3 Å². The molecule has 29 heavy (non-hydrogen) atoms. The molecule has 2 aliphatic carbocycles. The lowest BCUT2D eigenvalue weighted by Gasteiger charge is -2.63. The average Bonchev–Trinajstić information content (AvgIpc) is 3.30. The van der Waals surface area contributed by atoms with Gasteiger partial charge in [-0.1, -0.05) is 18.6 Å². The van der Waals surface area contributed by atoms with E-state index in [0.29, 0.717) is 30.1 Å². The van der Waals surface area contributed by atoms with Crippen LogP contribution in [0.25, 0.3) is 11.0 Å². The van der Waals surface area contributed by atoms with Crippen LogP contribution in [0.2, 0.25) is 0 Å². The SMILES string of the molecule is CCOc1cccc2cc(C(C)NC(=NC)NC3C4CCOC4C34CCC4)oc12. The predicted molar refractivity (Wildman–Crippen MR) is 113 cm³/mol. The summed E-state index contributed by atoms with van der Waals surface area (Å²) in [5.41, 5.74) is 1.13. The molecular formula is C23H31N3O3. The molecule has 0 radical (unpaired) electrons. The fourth-order valence-electron chi connectivity index (χ4n) is 5.59. The van der Waals surface area contributed by atoms with Crippen LogP contribution >= 0.6 is 0 Å². The molecular weight excluding hydrogens is 366 g/mol. The lowest BCUT2D eigenvalue weighted by Crippen LogP contribution is -2.72. The molecule has 1 aromatic heterocycles. The van der Waals surface area contributed by atoms with Crippen LogP contribution < -0.4 is 15.4 Å². The largest absolute Gasteiger partial charge is 0.490 e. The van der Waals surface area contributed by atoms with Crippen LogP contribution in [0.15, 0.2) is 33.7 Å². The molecule has 1 spiro atoms. The minimum atomic E-state index is -0.00359. The summed E-state index contributed by atoms with van der Waals surface area (Å²) < 4.78 is 17.9. The number of fused-ring (bicyclic) bond motifs is 3. The third-order valence-electron chi connectivity index (χ3n) is 7.16. The highest BCUT2D eigenvalue weighted by atomic mass is 16.5. The molecule has 3 fully saturated rings. The number of guanidine groups is 1. The van der Waals surface area contributed by atoms with E-state index in [2.05, 4.69) is 34.7 Å². The Balaban J connectivity index is 1.30. The molecule has 1 saturated heterocycles. The molecule has 6 heteroatoms. The Kier molecular flexibility index (Phi) is 4.69. The maximum Gasteiger partial charge on any atom is 0.191 e. The molecule has 4 atom stereocenters. The van der Waals surface area contributed by atoms with Gasteiger partial charge in [-0.25, -0.2) is 0 Å². The highest BCUT2D eigenvalue weighted by molar-refractivity contribution is 5.84. The van der Waals surface area contributed by atoms with Crippen LogP contribution in [0, 0.1) is 11.3 Å². The van der Waals surface area contributed by atoms with Gasteiger partial charge in [-0.15, -0.1) is 0 Å². The summed E-state index contributed by atoms with van der Waals surface area (Å²) in [5, 5.41) is 8.31. The Morgan fingerprint density at radius 1 is 1.38 bits per heavy atom. The van der Waals surface area contributed by atoms with E-state index in [1.54, 1.807) is 0 Å². The first kappa shape index (κ1) is 18.8. The summed E-state index contributed by atoms with van der Waals surface area (Å²) in [6.45, 7) is 5.61. The predicted octanol–water partition coefficient (Wildman–Crippen LogP) is 4.02. The zero-order valence-electron chi connectivity index (χ0n) is 17.5. The van der Waals surface area contributed by atoms with Crippen LogP contribution in [0.1, 0.15) is 51.3 Å². The Hall–Kier alpha value is -2.21. The molecule has 3 aliphatic rings. The van der Waals surface area contributed by atoms with Crippen LogP contribution in [0.5, 0.6) is 5.75 Å². The quantitative estimate of drug-likeness (QED) is 0.589. The number of hydrogen-bond donors (Lipinski definition) is 2. The van der Waals surface area contributed by atoms with Gasteiger partial charge >= 0.3 is 0 Å². The lowest BCUT2D eigenvalue weighted by atomic mass is 9.46. The molecule has 1 aliphatic heterocycles. The van der Waals surface area contributed by atoms with Crippen LogP contribution in [-0.4, -0.2) is 38.4 Å². The van der Waals surface area contributed by atoms with Crippen LogP contribution in [0.4, 0.5) is 0 Å². The van der Waals surface area contributed by atoms with Gasteiger partial charge in [-0.3, -0.25) is 4.99 Å². The number of benzene rings is 1. The van der Waals surface area contributed by atoms with E-state index >= 15 is 0 Å².